The third-order valence-corrected chi connectivity index (χ3v) is 5.48. The first-order chi connectivity index (χ1) is 16.0. The predicted octanol–water partition coefficient (Wildman–Crippen LogP) is 1.67. The number of benzene rings is 2. The Hall–Kier alpha value is -4.71. The highest BCUT2D eigenvalue weighted by atomic mass is 16.5. The number of hydrogen-bond acceptors (Lipinski definition) is 8. The second-order valence-corrected chi connectivity index (χ2v) is 7.31. The van der Waals surface area contributed by atoms with Crippen LogP contribution in [0, 0.1) is 11.3 Å². The van der Waals surface area contributed by atoms with Crippen LogP contribution in [-0.4, -0.2) is 23.8 Å². The molecule has 0 saturated carbocycles. The lowest BCUT2D eigenvalue weighted by molar-refractivity contribution is 0.414. The second kappa shape index (κ2) is 7.76. The zero-order valence-corrected chi connectivity index (χ0v) is 17.7. The van der Waals surface area contributed by atoms with Gasteiger partial charge in [0.05, 0.1) is 20.1 Å². The van der Waals surface area contributed by atoms with Gasteiger partial charge >= 0.3 is 5.63 Å². The first-order valence-corrected chi connectivity index (χ1v) is 9.96. The molecule has 5 rings (SSSR count). The van der Waals surface area contributed by atoms with Crippen molar-refractivity contribution < 1.29 is 18.3 Å². The van der Waals surface area contributed by atoms with Gasteiger partial charge in [-0.25, -0.2) is 9.36 Å². The zero-order valence-electron chi connectivity index (χ0n) is 17.7. The van der Waals surface area contributed by atoms with Crippen molar-refractivity contribution in [3.63, 3.8) is 0 Å². The third kappa shape index (κ3) is 3.25. The predicted molar refractivity (Wildman–Crippen MR) is 118 cm³/mol. The van der Waals surface area contributed by atoms with Gasteiger partial charge in [-0.05, 0) is 41.5 Å². The Balaban J connectivity index is 1.80. The Morgan fingerprint density at radius 3 is 2.30 bits per heavy atom. The first kappa shape index (κ1) is 20.2. The summed E-state index contributed by atoms with van der Waals surface area (Å²) in [6, 6.07) is 16.4. The molecule has 9 heteroatoms. The van der Waals surface area contributed by atoms with E-state index in [0.29, 0.717) is 17.2 Å². The minimum Gasteiger partial charge on any atom is -0.497 e. The number of fused-ring (bicyclic) bond motifs is 3. The van der Waals surface area contributed by atoms with E-state index in [0.717, 1.165) is 11.1 Å². The van der Waals surface area contributed by atoms with E-state index in [1.807, 2.05) is 12.1 Å². The molecule has 2 aromatic carbocycles. The molecule has 0 unspecified atom stereocenters. The molecule has 0 spiro atoms. The van der Waals surface area contributed by atoms with Crippen LogP contribution in [-0.2, 0) is 0 Å². The molecular formula is C24H18N4O5. The fourth-order valence-corrected chi connectivity index (χ4v) is 3.93. The van der Waals surface area contributed by atoms with Crippen LogP contribution in [0.3, 0.4) is 0 Å². The summed E-state index contributed by atoms with van der Waals surface area (Å²) in [6.45, 7) is 0. The number of nitrogen functional groups attached to an aromatic ring is 1. The lowest BCUT2D eigenvalue weighted by atomic mass is 9.87. The first-order valence-electron chi connectivity index (χ1n) is 9.96. The van der Waals surface area contributed by atoms with Crippen molar-refractivity contribution in [2.45, 2.75) is 5.92 Å². The van der Waals surface area contributed by atoms with E-state index in [9.17, 15) is 10.1 Å². The van der Waals surface area contributed by atoms with Gasteiger partial charge in [0.15, 0.2) is 0 Å². The minimum atomic E-state index is -0.628. The fourth-order valence-electron chi connectivity index (χ4n) is 3.93. The molecule has 164 valence electrons. The summed E-state index contributed by atoms with van der Waals surface area (Å²) >= 11 is 0. The highest BCUT2D eigenvalue weighted by Crippen LogP contribution is 2.38. The topological polar surface area (TPSA) is 129 Å². The molecular weight excluding hydrogens is 424 g/mol. The van der Waals surface area contributed by atoms with E-state index in [1.54, 1.807) is 56.7 Å². The van der Waals surface area contributed by atoms with E-state index in [2.05, 4.69) is 11.1 Å². The summed E-state index contributed by atoms with van der Waals surface area (Å²) in [7, 11) is 3.15. The molecule has 3 heterocycles. The Bertz CT molecular complexity index is 1570. The average Bonchev–Trinajstić information content (AvgIpc) is 3.37. The summed E-state index contributed by atoms with van der Waals surface area (Å²) in [4.78, 5) is 17.2. The zero-order chi connectivity index (χ0) is 23.1. The third-order valence-electron chi connectivity index (χ3n) is 5.48. The van der Waals surface area contributed by atoms with Crippen LogP contribution in [0.25, 0.3) is 17.5 Å². The SMILES string of the molecule is COc1ccc(/C=c2\c(=O)oc3n2-c2oc(N)nc2[C@@H](c2ccc(OC)cc2)C=3C#N)cc1. The quantitative estimate of drug-likeness (QED) is 0.505. The van der Waals surface area contributed by atoms with Crippen LogP contribution in [0.4, 0.5) is 6.01 Å². The van der Waals surface area contributed by atoms with Crippen molar-refractivity contribution in [2.75, 3.05) is 20.0 Å². The highest BCUT2D eigenvalue weighted by molar-refractivity contribution is 5.73. The molecule has 0 amide bonds. The molecule has 2 aromatic heterocycles. The van der Waals surface area contributed by atoms with Gasteiger partial charge in [-0.3, -0.25) is 0 Å². The molecule has 0 radical (unpaired) electrons. The average molecular weight is 442 g/mol. The maximum absolute atomic E-state index is 12.9. The summed E-state index contributed by atoms with van der Waals surface area (Å²) in [5.41, 5.74) is 7.46. The molecule has 0 bridgehead atoms. The van der Waals surface area contributed by atoms with E-state index in [4.69, 9.17) is 24.0 Å². The van der Waals surface area contributed by atoms with Crippen molar-refractivity contribution in [3.05, 3.63) is 86.7 Å². The lowest BCUT2D eigenvalue weighted by Crippen LogP contribution is -2.35. The van der Waals surface area contributed by atoms with Gasteiger partial charge < -0.3 is 24.0 Å². The van der Waals surface area contributed by atoms with Gasteiger partial charge in [0.2, 0.25) is 11.4 Å². The Kier molecular flexibility index (Phi) is 4.75. The van der Waals surface area contributed by atoms with Crippen molar-refractivity contribution in [2.24, 2.45) is 0 Å². The molecule has 1 atom stereocenters. The molecule has 1 aliphatic heterocycles. The Morgan fingerprint density at radius 2 is 1.70 bits per heavy atom. The largest absolute Gasteiger partial charge is 0.497 e. The van der Waals surface area contributed by atoms with E-state index < -0.39 is 11.5 Å². The monoisotopic (exact) mass is 442 g/mol. The number of nitriles is 1. The van der Waals surface area contributed by atoms with Crippen LogP contribution in [0.5, 0.6) is 11.5 Å². The maximum Gasteiger partial charge on any atom is 0.362 e. The molecule has 9 nitrogen and oxygen atoms in total. The van der Waals surface area contributed by atoms with Gasteiger partial charge in [-0.2, -0.15) is 10.2 Å². The van der Waals surface area contributed by atoms with Crippen molar-refractivity contribution in [1.29, 1.82) is 5.26 Å². The van der Waals surface area contributed by atoms with Crippen LogP contribution in [0.15, 0.2) is 62.2 Å². The number of rotatable bonds is 4. The van der Waals surface area contributed by atoms with Crippen LogP contribution in [0.2, 0.25) is 0 Å². The van der Waals surface area contributed by atoms with Gasteiger partial charge in [0.1, 0.15) is 34.2 Å². The molecule has 0 fully saturated rings. The smallest absolute Gasteiger partial charge is 0.362 e. The van der Waals surface area contributed by atoms with Crippen LogP contribution >= 0.6 is 0 Å². The number of nitrogens with two attached hydrogens (primary N) is 1. The van der Waals surface area contributed by atoms with Gasteiger partial charge in [-0.15, -0.1) is 0 Å². The Labute approximate surface area is 187 Å². The summed E-state index contributed by atoms with van der Waals surface area (Å²) < 4.78 is 23.1. The number of methoxy groups -OCH3 is 2. The number of anilines is 1. The van der Waals surface area contributed by atoms with Gasteiger partial charge in [0.25, 0.3) is 6.01 Å². The van der Waals surface area contributed by atoms with Crippen molar-refractivity contribution in [1.82, 2.24) is 9.55 Å². The summed E-state index contributed by atoms with van der Waals surface area (Å²) in [5, 5.41) is 10.2. The summed E-state index contributed by atoms with van der Waals surface area (Å²) in [6.07, 6.45) is 1.64. The number of hydrogen-bond donors (Lipinski definition) is 1. The van der Waals surface area contributed by atoms with E-state index in [-0.39, 0.29) is 28.4 Å². The molecule has 4 aromatic rings. The lowest BCUT2D eigenvalue weighted by Gasteiger charge is -2.19. The number of nitrogens with zero attached hydrogens (tertiary/aromatic N) is 3. The maximum atomic E-state index is 12.9. The van der Waals surface area contributed by atoms with Crippen LogP contribution < -0.4 is 31.7 Å². The van der Waals surface area contributed by atoms with Crippen molar-refractivity contribution in [3.8, 4) is 23.5 Å². The molecule has 0 aliphatic carbocycles. The number of aromatic nitrogens is 2. The fraction of sp³-hybridized carbons (Fsp3) is 0.125. The standard InChI is InChI=1S/C24H18N4O5/c1-30-15-7-3-13(4-8-15)11-18-23(29)32-21-17(12-25)19(14-5-9-16(31-2)10-6-14)20-22(28(18)21)33-24(26)27-20/h3-11,19H,1-2H3,(H2,26,27)/b18-11+/t19-/m0/s1. The molecule has 0 saturated heterocycles. The van der Waals surface area contributed by atoms with Gasteiger partial charge in [-0.1, -0.05) is 24.3 Å². The summed E-state index contributed by atoms with van der Waals surface area (Å²) in [5.74, 6) is 0.951. The second-order valence-electron chi connectivity index (χ2n) is 7.31. The van der Waals surface area contributed by atoms with E-state index >= 15 is 0 Å². The number of ether oxygens (including phenoxy) is 2. The molecule has 2 N–H and O–H groups in total. The molecule has 33 heavy (non-hydrogen) atoms. The Morgan fingerprint density at radius 1 is 1.06 bits per heavy atom. The number of oxazole rings is 2. The van der Waals surface area contributed by atoms with Crippen LogP contribution in [0.1, 0.15) is 22.7 Å². The molecule has 1 aliphatic rings. The normalized spacial score (nSPS) is 15.0. The van der Waals surface area contributed by atoms with E-state index in [1.165, 1.54) is 4.57 Å². The van der Waals surface area contributed by atoms with Gasteiger partial charge in [0, 0.05) is 0 Å². The minimum absolute atomic E-state index is 0.0757. The highest BCUT2D eigenvalue weighted by Gasteiger charge is 2.36. The van der Waals surface area contributed by atoms with Crippen molar-refractivity contribution >= 4 is 17.7 Å².